The zero-order valence-electron chi connectivity index (χ0n) is 9.50. The summed E-state index contributed by atoms with van der Waals surface area (Å²) in [5, 5.41) is 17.2. The molecule has 1 aromatic heterocycles. The molecule has 1 rings (SSSR count). The molecule has 0 aromatic carbocycles. The third-order valence-corrected chi connectivity index (χ3v) is 2.55. The number of aromatic carboxylic acids is 1. The highest BCUT2D eigenvalue weighted by molar-refractivity contribution is 5.95. The lowest BCUT2D eigenvalue weighted by molar-refractivity contribution is -0.124. The van der Waals surface area contributed by atoms with Crippen molar-refractivity contribution in [2.24, 2.45) is 5.41 Å². The molecule has 1 heterocycles. The van der Waals surface area contributed by atoms with E-state index in [-0.39, 0.29) is 17.4 Å². The number of carboxylic acid groups (broad SMARTS) is 1. The molecule has 1 amide bonds. The molecule has 0 fully saturated rings. The van der Waals surface area contributed by atoms with Crippen LogP contribution in [0.4, 0.5) is 5.82 Å². The van der Waals surface area contributed by atoms with Crippen molar-refractivity contribution in [1.29, 1.82) is 0 Å². The molecule has 0 aliphatic rings. The Balaban J connectivity index is 2.74. The van der Waals surface area contributed by atoms with E-state index in [1.165, 1.54) is 6.07 Å². The van der Waals surface area contributed by atoms with Crippen LogP contribution >= 0.6 is 0 Å². The van der Waals surface area contributed by atoms with E-state index in [1.807, 2.05) is 20.8 Å². The van der Waals surface area contributed by atoms with Crippen LogP contribution < -0.4 is 5.32 Å². The summed E-state index contributed by atoms with van der Waals surface area (Å²) >= 11 is 0. The van der Waals surface area contributed by atoms with E-state index in [2.05, 4.69) is 15.5 Å². The van der Waals surface area contributed by atoms with Gasteiger partial charge in [0.15, 0.2) is 5.82 Å². The standard InChI is InChI=1S/C10H15N3O3/c1-4-10(2,3)9(16)11-7-5-6(8(14)15)12-13-7/h5H,4H2,1-3H3,(H,14,15)(H2,11,12,13,16). The lowest BCUT2D eigenvalue weighted by atomic mass is 9.89. The van der Waals surface area contributed by atoms with Crippen LogP contribution in [-0.2, 0) is 4.79 Å². The first-order valence-electron chi connectivity index (χ1n) is 4.97. The molecule has 0 saturated heterocycles. The zero-order valence-corrected chi connectivity index (χ0v) is 9.50. The highest BCUT2D eigenvalue weighted by Gasteiger charge is 2.26. The normalized spacial score (nSPS) is 11.2. The van der Waals surface area contributed by atoms with Crippen LogP contribution in [0.15, 0.2) is 6.07 Å². The highest BCUT2D eigenvalue weighted by atomic mass is 16.4. The van der Waals surface area contributed by atoms with Crippen LogP contribution in [-0.4, -0.2) is 27.2 Å². The van der Waals surface area contributed by atoms with Gasteiger partial charge in [0, 0.05) is 11.5 Å². The molecule has 0 aliphatic carbocycles. The summed E-state index contributed by atoms with van der Waals surface area (Å²) in [6, 6.07) is 1.28. The summed E-state index contributed by atoms with van der Waals surface area (Å²) in [4.78, 5) is 22.3. The topological polar surface area (TPSA) is 95.1 Å². The number of H-pyrrole nitrogens is 1. The van der Waals surface area contributed by atoms with Gasteiger partial charge in [-0.2, -0.15) is 5.10 Å². The molecule has 0 aliphatic heterocycles. The van der Waals surface area contributed by atoms with Gasteiger partial charge in [-0.25, -0.2) is 4.79 Å². The van der Waals surface area contributed by atoms with Crippen LogP contribution in [0.1, 0.15) is 37.7 Å². The van der Waals surface area contributed by atoms with Crippen molar-refractivity contribution in [2.75, 3.05) is 5.32 Å². The molecule has 3 N–H and O–H groups in total. The maximum atomic E-state index is 11.7. The number of nitrogens with zero attached hydrogens (tertiary/aromatic N) is 1. The van der Waals surface area contributed by atoms with Gasteiger partial charge in [0.05, 0.1) is 0 Å². The average molecular weight is 225 g/mol. The Morgan fingerprint density at radius 2 is 2.19 bits per heavy atom. The third kappa shape index (κ3) is 2.59. The molecule has 0 spiro atoms. The average Bonchev–Trinajstić information content (AvgIpc) is 2.66. The minimum atomic E-state index is -1.11. The third-order valence-electron chi connectivity index (χ3n) is 2.55. The van der Waals surface area contributed by atoms with Crippen molar-refractivity contribution < 1.29 is 14.7 Å². The molecule has 1 aromatic rings. The van der Waals surface area contributed by atoms with Crippen molar-refractivity contribution in [3.8, 4) is 0 Å². The van der Waals surface area contributed by atoms with E-state index < -0.39 is 11.4 Å². The summed E-state index contributed by atoms with van der Waals surface area (Å²) < 4.78 is 0. The fraction of sp³-hybridized carbons (Fsp3) is 0.500. The first-order valence-corrected chi connectivity index (χ1v) is 4.97. The monoisotopic (exact) mass is 225 g/mol. The van der Waals surface area contributed by atoms with Gasteiger partial charge in [-0.1, -0.05) is 20.8 Å². The lowest BCUT2D eigenvalue weighted by Crippen LogP contribution is -2.30. The Bertz CT molecular complexity index is 409. The van der Waals surface area contributed by atoms with Crippen LogP contribution in [0.3, 0.4) is 0 Å². The summed E-state index contributed by atoms with van der Waals surface area (Å²) in [5.41, 5.74) is -0.549. The number of hydrogen-bond donors (Lipinski definition) is 3. The van der Waals surface area contributed by atoms with Gasteiger partial charge in [0.2, 0.25) is 5.91 Å². The molecule has 0 atom stereocenters. The number of carbonyl (C=O) groups is 2. The Morgan fingerprint density at radius 1 is 1.56 bits per heavy atom. The molecular weight excluding hydrogens is 210 g/mol. The minimum Gasteiger partial charge on any atom is -0.477 e. The van der Waals surface area contributed by atoms with Gasteiger partial charge in [-0.3, -0.25) is 9.89 Å². The summed E-state index contributed by atoms with van der Waals surface area (Å²) in [5.74, 6) is -1.06. The van der Waals surface area contributed by atoms with Crippen LogP contribution in [0.25, 0.3) is 0 Å². The highest BCUT2D eigenvalue weighted by Crippen LogP contribution is 2.21. The molecule has 0 bridgehead atoms. The second-order valence-corrected chi connectivity index (χ2v) is 4.16. The summed E-state index contributed by atoms with van der Waals surface area (Å²) in [6.45, 7) is 5.53. The SMILES string of the molecule is CCC(C)(C)C(=O)Nc1cc(C(=O)O)[nH]n1. The number of nitrogens with one attached hydrogen (secondary N) is 2. The first-order chi connectivity index (χ1) is 7.36. The largest absolute Gasteiger partial charge is 0.477 e. The maximum absolute atomic E-state index is 11.7. The second-order valence-electron chi connectivity index (χ2n) is 4.16. The number of aromatic nitrogens is 2. The van der Waals surface area contributed by atoms with E-state index >= 15 is 0 Å². The van der Waals surface area contributed by atoms with Crippen molar-refractivity contribution in [1.82, 2.24) is 10.2 Å². The Labute approximate surface area is 93.1 Å². The number of carbonyl (C=O) groups excluding carboxylic acids is 1. The van der Waals surface area contributed by atoms with E-state index in [4.69, 9.17) is 5.11 Å². The number of anilines is 1. The van der Waals surface area contributed by atoms with Gasteiger partial charge in [0.25, 0.3) is 0 Å². The second kappa shape index (κ2) is 4.34. The Hall–Kier alpha value is -1.85. The first kappa shape index (κ1) is 12.2. The number of carboxylic acids is 1. The molecule has 0 saturated carbocycles. The lowest BCUT2D eigenvalue weighted by Gasteiger charge is -2.20. The van der Waals surface area contributed by atoms with Crippen molar-refractivity contribution in [3.05, 3.63) is 11.8 Å². The van der Waals surface area contributed by atoms with Gasteiger partial charge < -0.3 is 10.4 Å². The van der Waals surface area contributed by atoms with E-state index in [0.717, 1.165) is 0 Å². The van der Waals surface area contributed by atoms with Gasteiger partial charge in [-0.15, -0.1) is 0 Å². The zero-order chi connectivity index (χ0) is 12.3. The summed E-state index contributed by atoms with van der Waals surface area (Å²) in [6.07, 6.45) is 0.690. The number of hydrogen-bond acceptors (Lipinski definition) is 3. The Morgan fingerprint density at radius 3 is 2.62 bits per heavy atom. The number of aromatic amines is 1. The van der Waals surface area contributed by atoms with Crippen molar-refractivity contribution in [3.63, 3.8) is 0 Å². The number of rotatable bonds is 4. The van der Waals surface area contributed by atoms with Crippen LogP contribution in [0.2, 0.25) is 0 Å². The van der Waals surface area contributed by atoms with Crippen LogP contribution in [0.5, 0.6) is 0 Å². The predicted molar refractivity (Wildman–Crippen MR) is 58.2 cm³/mol. The summed E-state index contributed by atoms with van der Waals surface area (Å²) in [7, 11) is 0. The van der Waals surface area contributed by atoms with Crippen molar-refractivity contribution in [2.45, 2.75) is 27.2 Å². The van der Waals surface area contributed by atoms with E-state index in [0.29, 0.717) is 6.42 Å². The predicted octanol–water partition coefficient (Wildman–Crippen LogP) is 1.48. The molecule has 16 heavy (non-hydrogen) atoms. The van der Waals surface area contributed by atoms with Gasteiger partial charge in [0.1, 0.15) is 5.69 Å². The maximum Gasteiger partial charge on any atom is 0.353 e. The van der Waals surface area contributed by atoms with Gasteiger partial charge in [-0.05, 0) is 6.42 Å². The smallest absolute Gasteiger partial charge is 0.353 e. The number of amides is 1. The van der Waals surface area contributed by atoms with E-state index in [9.17, 15) is 9.59 Å². The molecule has 88 valence electrons. The fourth-order valence-corrected chi connectivity index (χ4v) is 0.941. The Kier molecular flexibility index (Phi) is 3.31. The minimum absolute atomic E-state index is 0.0513. The van der Waals surface area contributed by atoms with E-state index in [1.54, 1.807) is 0 Å². The molecular formula is C10H15N3O3. The quantitative estimate of drug-likeness (QED) is 0.723. The fourth-order valence-electron chi connectivity index (χ4n) is 0.941. The molecule has 6 nitrogen and oxygen atoms in total. The molecule has 6 heteroatoms. The molecule has 0 radical (unpaired) electrons. The van der Waals surface area contributed by atoms with Crippen LogP contribution in [0, 0.1) is 5.41 Å². The molecule has 0 unspecified atom stereocenters. The van der Waals surface area contributed by atoms with Gasteiger partial charge >= 0.3 is 5.97 Å². The van der Waals surface area contributed by atoms with Crippen molar-refractivity contribution >= 4 is 17.7 Å².